The van der Waals surface area contributed by atoms with Gasteiger partial charge in [-0.05, 0) is 43.2 Å². The lowest BCUT2D eigenvalue weighted by Gasteiger charge is -2.15. The fraction of sp³-hybridized carbons (Fsp3) is 0.208. The number of hydrogen-bond donors (Lipinski definition) is 2. The Morgan fingerprint density at radius 3 is 2.44 bits per heavy atom. The maximum absolute atomic E-state index is 11.9. The molecular weight excluding hydrogens is 424 g/mol. The minimum Gasteiger partial charge on any atom is -0.495 e. The normalized spacial score (nSPS) is 11.5. The van der Waals surface area contributed by atoms with Gasteiger partial charge in [-0.15, -0.1) is 0 Å². The topological polar surface area (TPSA) is 85.2 Å². The van der Waals surface area contributed by atoms with Gasteiger partial charge in [0.25, 0.3) is 0 Å². The van der Waals surface area contributed by atoms with Gasteiger partial charge >= 0.3 is 0 Å². The first-order valence-corrected chi connectivity index (χ1v) is 12.0. The van der Waals surface area contributed by atoms with Crippen LogP contribution in [0.25, 0.3) is 22.2 Å². The zero-order valence-corrected chi connectivity index (χ0v) is 19.5. The fourth-order valence-electron chi connectivity index (χ4n) is 3.97. The predicted octanol–water partition coefficient (Wildman–Crippen LogP) is 4.98. The zero-order chi connectivity index (χ0) is 23.0. The Morgan fingerprint density at radius 2 is 1.72 bits per heavy atom. The van der Waals surface area contributed by atoms with Gasteiger partial charge in [0.1, 0.15) is 5.75 Å². The number of para-hydroxylation sites is 2. The average Bonchev–Trinajstić information content (AvgIpc) is 3.05. The van der Waals surface area contributed by atoms with E-state index < -0.39 is 10.0 Å². The summed E-state index contributed by atoms with van der Waals surface area (Å²) in [6.07, 6.45) is 1.15. The Bertz CT molecular complexity index is 1420. The number of methoxy groups -OCH3 is 1. The molecule has 0 saturated carbocycles. The SMILES string of the molecule is COc1cc(C)cc(C)c1Nc1nc2cccc(-c3ccccc3NS(C)(=O)=O)c2n1C. The molecular formula is C24H26N4O3S. The number of benzene rings is 3. The smallest absolute Gasteiger partial charge is 0.229 e. The zero-order valence-electron chi connectivity index (χ0n) is 18.7. The molecule has 0 radical (unpaired) electrons. The van der Waals surface area contributed by atoms with Crippen molar-refractivity contribution in [2.75, 3.05) is 23.4 Å². The Balaban J connectivity index is 1.86. The van der Waals surface area contributed by atoms with Crippen molar-refractivity contribution in [1.82, 2.24) is 9.55 Å². The van der Waals surface area contributed by atoms with Crippen LogP contribution < -0.4 is 14.8 Å². The van der Waals surface area contributed by atoms with Crippen LogP contribution >= 0.6 is 0 Å². The first-order chi connectivity index (χ1) is 15.2. The number of anilines is 3. The summed E-state index contributed by atoms with van der Waals surface area (Å²) < 4.78 is 33.9. The van der Waals surface area contributed by atoms with E-state index in [9.17, 15) is 8.42 Å². The number of nitrogens with zero attached hydrogens (tertiary/aromatic N) is 2. The third-order valence-corrected chi connectivity index (χ3v) is 5.90. The van der Waals surface area contributed by atoms with Crippen LogP contribution in [0.4, 0.5) is 17.3 Å². The molecule has 1 aromatic heterocycles. The molecule has 1 heterocycles. The van der Waals surface area contributed by atoms with Crippen molar-refractivity contribution < 1.29 is 13.2 Å². The molecule has 4 aromatic rings. The van der Waals surface area contributed by atoms with Crippen LogP contribution in [0, 0.1) is 13.8 Å². The summed E-state index contributed by atoms with van der Waals surface area (Å²) in [6, 6.07) is 17.2. The lowest BCUT2D eigenvalue weighted by molar-refractivity contribution is 0.416. The number of ether oxygens (including phenoxy) is 1. The van der Waals surface area contributed by atoms with Crippen LogP contribution in [0.15, 0.2) is 54.6 Å². The average molecular weight is 451 g/mol. The van der Waals surface area contributed by atoms with Crippen LogP contribution in [0.2, 0.25) is 0 Å². The van der Waals surface area contributed by atoms with Crippen molar-refractivity contribution in [3.63, 3.8) is 0 Å². The fourth-order valence-corrected chi connectivity index (χ4v) is 4.54. The largest absolute Gasteiger partial charge is 0.495 e. The Labute approximate surface area is 188 Å². The molecule has 166 valence electrons. The van der Waals surface area contributed by atoms with Crippen molar-refractivity contribution in [3.05, 3.63) is 65.7 Å². The van der Waals surface area contributed by atoms with Crippen molar-refractivity contribution >= 4 is 38.4 Å². The van der Waals surface area contributed by atoms with E-state index in [4.69, 9.17) is 9.72 Å². The highest BCUT2D eigenvalue weighted by atomic mass is 32.2. The molecule has 0 atom stereocenters. The molecule has 0 saturated heterocycles. The van der Waals surface area contributed by atoms with Gasteiger partial charge in [-0.2, -0.15) is 0 Å². The number of rotatable bonds is 6. The molecule has 4 rings (SSSR count). The van der Waals surface area contributed by atoms with Gasteiger partial charge in [0.2, 0.25) is 16.0 Å². The summed E-state index contributed by atoms with van der Waals surface area (Å²) in [7, 11) is 0.164. The van der Waals surface area contributed by atoms with Crippen molar-refractivity contribution in [3.8, 4) is 16.9 Å². The molecule has 0 aliphatic carbocycles. The third kappa shape index (κ3) is 4.13. The number of sulfonamides is 1. The molecule has 2 N–H and O–H groups in total. The molecule has 0 fully saturated rings. The van der Waals surface area contributed by atoms with E-state index >= 15 is 0 Å². The van der Waals surface area contributed by atoms with Gasteiger partial charge in [0.15, 0.2) is 0 Å². The molecule has 8 heteroatoms. The van der Waals surface area contributed by atoms with E-state index in [0.717, 1.165) is 51.0 Å². The second-order valence-corrected chi connectivity index (χ2v) is 9.62. The Morgan fingerprint density at radius 1 is 1.00 bits per heavy atom. The van der Waals surface area contributed by atoms with Crippen LogP contribution in [0.1, 0.15) is 11.1 Å². The second kappa shape index (κ2) is 8.20. The van der Waals surface area contributed by atoms with Gasteiger partial charge in [0.05, 0.1) is 35.8 Å². The Hall–Kier alpha value is -3.52. The van der Waals surface area contributed by atoms with Gasteiger partial charge in [-0.25, -0.2) is 13.4 Å². The van der Waals surface area contributed by atoms with Gasteiger partial charge in [0, 0.05) is 18.2 Å². The van der Waals surface area contributed by atoms with Crippen molar-refractivity contribution in [2.45, 2.75) is 13.8 Å². The standard InChI is InChI=1S/C24H26N4O3S/c1-15-13-16(2)22(21(14-15)31-4)26-24-25-20-12-8-10-18(23(20)28(24)3)17-9-6-7-11-19(17)27-32(5,29)30/h6-14,27H,1-5H3,(H,25,26). The van der Waals surface area contributed by atoms with Crippen LogP contribution in [-0.4, -0.2) is 31.3 Å². The second-order valence-electron chi connectivity index (χ2n) is 7.87. The van der Waals surface area contributed by atoms with Gasteiger partial charge in [-0.3, -0.25) is 4.72 Å². The first kappa shape index (κ1) is 21.7. The van der Waals surface area contributed by atoms with E-state index in [-0.39, 0.29) is 0 Å². The summed E-state index contributed by atoms with van der Waals surface area (Å²) >= 11 is 0. The highest BCUT2D eigenvalue weighted by Gasteiger charge is 2.18. The van der Waals surface area contributed by atoms with Crippen LogP contribution in [0.3, 0.4) is 0 Å². The predicted molar refractivity (Wildman–Crippen MR) is 130 cm³/mol. The lowest BCUT2D eigenvalue weighted by Crippen LogP contribution is -2.10. The molecule has 0 amide bonds. The molecule has 0 unspecified atom stereocenters. The lowest BCUT2D eigenvalue weighted by atomic mass is 10.0. The van der Waals surface area contributed by atoms with Crippen molar-refractivity contribution in [2.24, 2.45) is 7.05 Å². The number of hydrogen-bond acceptors (Lipinski definition) is 5. The number of fused-ring (bicyclic) bond motifs is 1. The first-order valence-electron chi connectivity index (χ1n) is 10.1. The minimum absolute atomic E-state index is 0.522. The summed E-state index contributed by atoms with van der Waals surface area (Å²) in [5, 5.41) is 3.42. The van der Waals surface area contributed by atoms with Crippen molar-refractivity contribution in [1.29, 1.82) is 0 Å². The van der Waals surface area contributed by atoms with Gasteiger partial charge < -0.3 is 14.6 Å². The van der Waals surface area contributed by atoms with E-state index in [1.54, 1.807) is 19.2 Å². The molecule has 0 aliphatic rings. The van der Waals surface area contributed by atoms with Gasteiger partial charge in [-0.1, -0.05) is 36.4 Å². The molecule has 0 aliphatic heterocycles. The summed E-state index contributed by atoms with van der Waals surface area (Å²) in [4.78, 5) is 4.79. The highest BCUT2D eigenvalue weighted by Crippen LogP contribution is 2.37. The van der Waals surface area contributed by atoms with E-state index in [2.05, 4.69) is 16.1 Å². The summed E-state index contributed by atoms with van der Waals surface area (Å²) in [5.41, 5.74) is 6.90. The Kier molecular flexibility index (Phi) is 5.56. The summed E-state index contributed by atoms with van der Waals surface area (Å²) in [6.45, 7) is 4.06. The minimum atomic E-state index is -3.42. The number of imidazole rings is 1. The maximum Gasteiger partial charge on any atom is 0.229 e. The van der Waals surface area contributed by atoms with E-state index in [1.165, 1.54) is 0 Å². The molecule has 32 heavy (non-hydrogen) atoms. The molecule has 0 bridgehead atoms. The number of nitrogens with one attached hydrogen (secondary N) is 2. The quantitative estimate of drug-likeness (QED) is 0.433. The highest BCUT2D eigenvalue weighted by molar-refractivity contribution is 7.92. The van der Waals surface area contributed by atoms with Crippen LogP contribution in [0.5, 0.6) is 5.75 Å². The van der Waals surface area contributed by atoms with Crippen LogP contribution in [-0.2, 0) is 17.1 Å². The van der Waals surface area contributed by atoms with E-state index in [0.29, 0.717) is 11.6 Å². The van der Waals surface area contributed by atoms with E-state index in [1.807, 2.05) is 61.9 Å². The maximum atomic E-state index is 11.9. The number of aryl methyl sites for hydroxylation is 3. The molecule has 7 nitrogen and oxygen atoms in total. The monoisotopic (exact) mass is 450 g/mol. The third-order valence-electron chi connectivity index (χ3n) is 5.31. The number of aromatic nitrogens is 2. The molecule has 3 aromatic carbocycles. The molecule has 0 spiro atoms. The summed E-state index contributed by atoms with van der Waals surface area (Å²) in [5.74, 6) is 1.41.